The Morgan fingerprint density at radius 3 is 2.83 bits per heavy atom. The minimum Gasteiger partial charge on any atom is -0.495 e. The predicted molar refractivity (Wildman–Crippen MR) is 77.4 cm³/mol. The van der Waals surface area contributed by atoms with E-state index in [1.807, 2.05) is 12.2 Å². The zero-order valence-electron chi connectivity index (χ0n) is 10.8. The summed E-state index contributed by atoms with van der Waals surface area (Å²) in [6.45, 7) is 0.526. The Morgan fingerprint density at radius 2 is 2.11 bits per heavy atom. The van der Waals surface area contributed by atoms with Crippen molar-refractivity contribution in [2.45, 2.75) is 32.1 Å². The van der Waals surface area contributed by atoms with Crippen LogP contribution >= 0.6 is 11.6 Å². The van der Waals surface area contributed by atoms with E-state index in [0.717, 1.165) is 29.2 Å². The Morgan fingerprint density at radius 1 is 1.33 bits per heavy atom. The SMILES string of the molecule is COc1c(/C=C/CN)cc2c(c1Cl)CCCCC2. The zero-order chi connectivity index (χ0) is 13.0. The second-order valence-corrected chi connectivity index (χ2v) is 5.03. The molecule has 3 heteroatoms. The molecule has 0 bridgehead atoms. The molecule has 1 aromatic carbocycles. The summed E-state index contributed by atoms with van der Waals surface area (Å²) in [4.78, 5) is 0. The van der Waals surface area contributed by atoms with Gasteiger partial charge < -0.3 is 10.5 Å². The van der Waals surface area contributed by atoms with Gasteiger partial charge in [0.25, 0.3) is 0 Å². The Labute approximate surface area is 114 Å². The van der Waals surface area contributed by atoms with E-state index in [4.69, 9.17) is 22.1 Å². The minimum absolute atomic E-state index is 0.526. The number of fused-ring (bicyclic) bond motifs is 1. The summed E-state index contributed by atoms with van der Waals surface area (Å²) >= 11 is 6.49. The first kappa shape index (κ1) is 13.4. The molecule has 1 aliphatic rings. The molecule has 2 rings (SSSR count). The van der Waals surface area contributed by atoms with Gasteiger partial charge in [0.1, 0.15) is 5.75 Å². The molecule has 0 unspecified atom stereocenters. The van der Waals surface area contributed by atoms with Crippen LogP contribution in [0.4, 0.5) is 0 Å². The molecule has 0 radical (unpaired) electrons. The number of nitrogens with two attached hydrogens (primary N) is 1. The van der Waals surface area contributed by atoms with E-state index >= 15 is 0 Å². The third-order valence-electron chi connectivity index (χ3n) is 3.45. The maximum Gasteiger partial charge on any atom is 0.144 e. The molecule has 1 aliphatic carbocycles. The van der Waals surface area contributed by atoms with Crippen molar-refractivity contribution in [3.8, 4) is 5.75 Å². The van der Waals surface area contributed by atoms with E-state index in [1.165, 1.54) is 30.4 Å². The van der Waals surface area contributed by atoms with Crippen molar-refractivity contribution in [3.05, 3.63) is 33.9 Å². The van der Waals surface area contributed by atoms with Crippen molar-refractivity contribution in [1.82, 2.24) is 0 Å². The summed E-state index contributed by atoms with van der Waals surface area (Å²) in [5.74, 6) is 0.780. The van der Waals surface area contributed by atoms with Crippen LogP contribution in [0.2, 0.25) is 5.02 Å². The van der Waals surface area contributed by atoms with Crippen molar-refractivity contribution >= 4 is 17.7 Å². The first-order valence-corrected chi connectivity index (χ1v) is 6.90. The lowest BCUT2D eigenvalue weighted by molar-refractivity contribution is 0.413. The number of hydrogen-bond acceptors (Lipinski definition) is 2. The summed E-state index contributed by atoms with van der Waals surface area (Å²) in [6, 6.07) is 2.21. The highest BCUT2D eigenvalue weighted by Crippen LogP contribution is 2.38. The normalized spacial score (nSPS) is 15.5. The molecule has 0 saturated heterocycles. The molecular formula is C15H20ClNO. The molecule has 18 heavy (non-hydrogen) atoms. The summed E-state index contributed by atoms with van der Waals surface area (Å²) in [7, 11) is 1.67. The fourth-order valence-electron chi connectivity index (χ4n) is 2.56. The number of aryl methyl sites for hydroxylation is 1. The number of rotatable bonds is 3. The predicted octanol–water partition coefficient (Wildman–Crippen LogP) is 3.59. The topological polar surface area (TPSA) is 35.2 Å². The molecule has 2 nitrogen and oxygen atoms in total. The molecule has 0 amide bonds. The summed E-state index contributed by atoms with van der Waals surface area (Å²) < 4.78 is 5.46. The van der Waals surface area contributed by atoms with Gasteiger partial charge in [-0.25, -0.2) is 0 Å². The van der Waals surface area contributed by atoms with Crippen LogP contribution in [0.5, 0.6) is 5.75 Å². The first-order chi connectivity index (χ1) is 8.77. The molecule has 2 N–H and O–H groups in total. The molecule has 0 spiro atoms. The van der Waals surface area contributed by atoms with Crippen molar-refractivity contribution in [3.63, 3.8) is 0 Å². The molecule has 0 heterocycles. The van der Waals surface area contributed by atoms with Gasteiger partial charge in [-0.1, -0.05) is 30.2 Å². The molecule has 98 valence electrons. The van der Waals surface area contributed by atoms with E-state index < -0.39 is 0 Å². The first-order valence-electron chi connectivity index (χ1n) is 6.52. The van der Waals surface area contributed by atoms with E-state index in [9.17, 15) is 0 Å². The van der Waals surface area contributed by atoms with Crippen LogP contribution in [0.1, 0.15) is 36.0 Å². The Bertz CT molecular complexity index is 454. The van der Waals surface area contributed by atoms with Gasteiger partial charge >= 0.3 is 0 Å². The molecular weight excluding hydrogens is 246 g/mol. The quantitative estimate of drug-likeness (QED) is 0.848. The van der Waals surface area contributed by atoms with E-state index in [0.29, 0.717) is 6.54 Å². The second-order valence-electron chi connectivity index (χ2n) is 4.65. The maximum atomic E-state index is 6.49. The Balaban J connectivity index is 2.51. The lowest BCUT2D eigenvalue weighted by atomic mass is 9.98. The van der Waals surface area contributed by atoms with Gasteiger partial charge in [0.05, 0.1) is 12.1 Å². The highest BCUT2D eigenvalue weighted by Gasteiger charge is 2.17. The summed E-state index contributed by atoms with van der Waals surface area (Å²) in [5.41, 5.74) is 9.19. The van der Waals surface area contributed by atoms with Gasteiger partial charge in [0.15, 0.2) is 0 Å². The smallest absolute Gasteiger partial charge is 0.144 e. The largest absolute Gasteiger partial charge is 0.495 e. The van der Waals surface area contributed by atoms with Crippen LogP contribution in [0.3, 0.4) is 0 Å². The Kier molecular flexibility index (Phi) is 4.67. The zero-order valence-corrected chi connectivity index (χ0v) is 11.6. The third kappa shape index (κ3) is 2.70. The van der Waals surface area contributed by atoms with Crippen LogP contribution in [0, 0.1) is 0 Å². The van der Waals surface area contributed by atoms with Crippen molar-refractivity contribution in [1.29, 1.82) is 0 Å². The molecule has 0 atom stereocenters. The number of methoxy groups -OCH3 is 1. The van der Waals surface area contributed by atoms with Gasteiger partial charge in [-0.3, -0.25) is 0 Å². The summed E-state index contributed by atoms with van der Waals surface area (Å²) in [6.07, 6.45) is 9.84. The van der Waals surface area contributed by atoms with Gasteiger partial charge in [0.2, 0.25) is 0 Å². The van der Waals surface area contributed by atoms with E-state index in [2.05, 4.69) is 6.07 Å². The number of hydrogen-bond donors (Lipinski definition) is 1. The lowest BCUT2D eigenvalue weighted by Crippen LogP contribution is -1.99. The molecule has 1 aromatic rings. The van der Waals surface area contributed by atoms with Crippen molar-refractivity contribution < 1.29 is 4.74 Å². The van der Waals surface area contributed by atoms with E-state index in [-0.39, 0.29) is 0 Å². The average Bonchev–Trinajstić information content (AvgIpc) is 2.62. The average molecular weight is 266 g/mol. The van der Waals surface area contributed by atoms with Gasteiger partial charge in [-0.05, 0) is 42.9 Å². The van der Waals surface area contributed by atoms with Crippen molar-refractivity contribution in [2.75, 3.05) is 13.7 Å². The fraction of sp³-hybridized carbons (Fsp3) is 0.467. The van der Waals surface area contributed by atoms with Crippen LogP contribution < -0.4 is 10.5 Å². The standard InChI is InChI=1S/C15H20ClNO/c1-18-15-12(7-5-9-17)10-11-6-3-2-4-8-13(11)14(15)16/h5,7,10H,2-4,6,8-9,17H2,1H3/b7-5+. The third-order valence-corrected chi connectivity index (χ3v) is 3.85. The molecule has 0 fully saturated rings. The minimum atomic E-state index is 0.526. The highest BCUT2D eigenvalue weighted by molar-refractivity contribution is 6.33. The number of ether oxygens (including phenoxy) is 1. The van der Waals surface area contributed by atoms with Gasteiger partial charge in [-0.15, -0.1) is 0 Å². The summed E-state index contributed by atoms with van der Waals surface area (Å²) in [5, 5.41) is 0.786. The van der Waals surface area contributed by atoms with Crippen LogP contribution in [-0.4, -0.2) is 13.7 Å². The van der Waals surface area contributed by atoms with Crippen LogP contribution in [0.15, 0.2) is 12.1 Å². The van der Waals surface area contributed by atoms with E-state index in [1.54, 1.807) is 7.11 Å². The fourth-order valence-corrected chi connectivity index (χ4v) is 2.96. The highest BCUT2D eigenvalue weighted by atomic mass is 35.5. The Hall–Kier alpha value is -0.990. The van der Waals surface area contributed by atoms with Crippen LogP contribution in [-0.2, 0) is 12.8 Å². The molecule has 0 saturated carbocycles. The number of halogens is 1. The molecule has 0 aliphatic heterocycles. The molecule has 0 aromatic heterocycles. The van der Waals surface area contributed by atoms with Crippen LogP contribution in [0.25, 0.3) is 6.08 Å². The maximum absolute atomic E-state index is 6.49. The lowest BCUT2D eigenvalue weighted by Gasteiger charge is -2.15. The van der Waals surface area contributed by atoms with Gasteiger partial charge in [-0.2, -0.15) is 0 Å². The number of benzene rings is 1. The van der Waals surface area contributed by atoms with Crippen molar-refractivity contribution in [2.24, 2.45) is 5.73 Å². The second kappa shape index (κ2) is 6.26. The van der Waals surface area contributed by atoms with Gasteiger partial charge in [0, 0.05) is 12.1 Å². The monoisotopic (exact) mass is 265 g/mol.